The van der Waals surface area contributed by atoms with Gasteiger partial charge in [-0.1, -0.05) is 47.5 Å². The van der Waals surface area contributed by atoms with Gasteiger partial charge in [-0.2, -0.15) is 0 Å². The molecule has 0 amide bonds. The molecule has 1 atom stereocenters. The molecule has 0 aliphatic heterocycles. The predicted octanol–water partition coefficient (Wildman–Crippen LogP) is 3.45. The maximum atomic E-state index is 5.85. The molecule has 0 heterocycles. The van der Waals surface area contributed by atoms with Gasteiger partial charge in [0, 0.05) is 23.2 Å². The van der Waals surface area contributed by atoms with E-state index in [0.29, 0.717) is 17.6 Å². The van der Waals surface area contributed by atoms with Crippen LogP contribution < -0.4 is 5.32 Å². The van der Waals surface area contributed by atoms with Crippen LogP contribution in [0.4, 0.5) is 0 Å². The van der Waals surface area contributed by atoms with Crippen LogP contribution in [0.5, 0.6) is 0 Å². The summed E-state index contributed by atoms with van der Waals surface area (Å²) in [5.74, 6) is 0. The van der Waals surface area contributed by atoms with Crippen molar-refractivity contribution in [3.05, 3.63) is 46.0 Å². The maximum Gasteiger partial charge on any atom is 0.0432 e. The van der Waals surface area contributed by atoms with Crippen LogP contribution in [0.1, 0.15) is 17.5 Å². The average Bonchev–Trinajstić information content (AvgIpc) is 2.35. The number of benzene rings is 1. The van der Waals surface area contributed by atoms with Gasteiger partial charge in [-0.3, -0.25) is 0 Å². The third-order valence-corrected chi connectivity index (χ3v) is 3.64. The monoisotopic (exact) mass is 255 g/mol. The van der Waals surface area contributed by atoms with E-state index >= 15 is 0 Å². The summed E-state index contributed by atoms with van der Waals surface area (Å²) in [5, 5.41) is 4.10. The van der Waals surface area contributed by atoms with Gasteiger partial charge in [-0.05, 0) is 30.4 Å². The summed E-state index contributed by atoms with van der Waals surface area (Å²) in [6.45, 7) is 0.665. The number of halogens is 2. The number of rotatable bonds is 3. The molecule has 1 aromatic carbocycles. The van der Waals surface area contributed by atoms with Gasteiger partial charge in [0.2, 0.25) is 0 Å². The van der Waals surface area contributed by atoms with E-state index < -0.39 is 0 Å². The summed E-state index contributed by atoms with van der Waals surface area (Å²) in [6, 6.07) is 9.16. The lowest BCUT2D eigenvalue weighted by atomic mass is 9.88. The Bertz CT molecular complexity index is 387. The molecule has 0 radical (unpaired) electrons. The number of aryl methyl sites for hydroxylation is 1. The summed E-state index contributed by atoms with van der Waals surface area (Å²) in [6.07, 6.45) is 3.40. The molecular formula is C13H15Cl2N. The van der Waals surface area contributed by atoms with Crippen LogP contribution in [0.15, 0.2) is 34.8 Å². The van der Waals surface area contributed by atoms with Crippen molar-refractivity contribution >= 4 is 23.2 Å². The first-order valence-corrected chi connectivity index (χ1v) is 6.36. The molecular weight excluding hydrogens is 241 g/mol. The summed E-state index contributed by atoms with van der Waals surface area (Å²) in [7, 11) is 0. The third kappa shape index (κ3) is 3.00. The maximum absolute atomic E-state index is 5.85. The van der Waals surface area contributed by atoms with Crippen LogP contribution in [-0.4, -0.2) is 12.6 Å². The molecule has 1 aliphatic rings. The van der Waals surface area contributed by atoms with Crippen LogP contribution in [0.25, 0.3) is 0 Å². The van der Waals surface area contributed by atoms with Crippen molar-refractivity contribution in [1.29, 1.82) is 0 Å². The Morgan fingerprint density at radius 1 is 1.38 bits per heavy atom. The summed E-state index contributed by atoms with van der Waals surface area (Å²) in [4.78, 5) is 0. The van der Waals surface area contributed by atoms with E-state index in [1.54, 1.807) is 0 Å². The highest BCUT2D eigenvalue weighted by molar-refractivity contribution is 6.36. The van der Waals surface area contributed by atoms with Crippen molar-refractivity contribution in [2.45, 2.75) is 25.3 Å². The first kappa shape index (κ1) is 12.0. The van der Waals surface area contributed by atoms with E-state index in [1.807, 2.05) is 0 Å². The highest BCUT2D eigenvalue weighted by Gasteiger charge is 2.17. The van der Waals surface area contributed by atoms with E-state index in [1.165, 1.54) is 23.1 Å². The van der Waals surface area contributed by atoms with Crippen LogP contribution in [0.2, 0.25) is 0 Å². The molecule has 0 saturated heterocycles. The van der Waals surface area contributed by atoms with Gasteiger partial charge in [0.25, 0.3) is 0 Å². The summed E-state index contributed by atoms with van der Waals surface area (Å²) >= 11 is 11.4. The third-order valence-electron chi connectivity index (χ3n) is 3.02. The fraction of sp³-hybridized carbons (Fsp3) is 0.385. The zero-order valence-electron chi connectivity index (χ0n) is 9.05. The topological polar surface area (TPSA) is 12.0 Å². The summed E-state index contributed by atoms with van der Waals surface area (Å²) in [5.41, 5.74) is 4.36. The molecule has 1 aliphatic carbocycles. The van der Waals surface area contributed by atoms with Crippen molar-refractivity contribution in [3.63, 3.8) is 0 Å². The molecule has 1 unspecified atom stereocenters. The largest absolute Gasteiger partial charge is 0.309 e. The predicted molar refractivity (Wildman–Crippen MR) is 70.0 cm³/mol. The first-order valence-electron chi connectivity index (χ1n) is 5.54. The number of hydrogen-bond acceptors (Lipinski definition) is 1. The quantitative estimate of drug-likeness (QED) is 0.873. The van der Waals surface area contributed by atoms with Gasteiger partial charge in [0.15, 0.2) is 0 Å². The van der Waals surface area contributed by atoms with Crippen molar-refractivity contribution in [2.75, 3.05) is 6.54 Å². The highest BCUT2D eigenvalue weighted by atomic mass is 35.5. The minimum atomic E-state index is 0.514. The zero-order chi connectivity index (χ0) is 11.4. The van der Waals surface area contributed by atoms with Crippen molar-refractivity contribution in [1.82, 2.24) is 5.32 Å². The van der Waals surface area contributed by atoms with E-state index in [9.17, 15) is 0 Å². The van der Waals surface area contributed by atoms with Crippen molar-refractivity contribution in [3.8, 4) is 0 Å². The Morgan fingerprint density at radius 2 is 2.12 bits per heavy atom. The van der Waals surface area contributed by atoms with Gasteiger partial charge < -0.3 is 5.32 Å². The number of nitrogens with one attached hydrogen (secondary N) is 1. The normalized spacial score (nSPS) is 20.6. The second-order valence-electron chi connectivity index (χ2n) is 4.15. The van der Waals surface area contributed by atoms with Gasteiger partial charge in [-0.25, -0.2) is 0 Å². The fourth-order valence-electron chi connectivity index (χ4n) is 2.15. The molecule has 1 N–H and O–H groups in total. The number of fused-ring (bicyclic) bond motifs is 1. The molecule has 86 valence electrons. The lowest BCUT2D eigenvalue weighted by molar-refractivity contribution is 0.478. The molecule has 0 fully saturated rings. The van der Waals surface area contributed by atoms with E-state index in [0.717, 1.165) is 12.8 Å². The van der Waals surface area contributed by atoms with Gasteiger partial charge >= 0.3 is 0 Å². The molecule has 0 spiro atoms. The molecule has 16 heavy (non-hydrogen) atoms. The Kier molecular flexibility index (Phi) is 4.28. The molecule has 2 rings (SSSR count). The van der Waals surface area contributed by atoms with Crippen molar-refractivity contribution in [2.24, 2.45) is 0 Å². The smallest absolute Gasteiger partial charge is 0.0432 e. The molecule has 0 bridgehead atoms. The SMILES string of the molecule is ClC=C(Cl)CNC1CCc2ccccc2C1. The minimum Gasteiger partial charge on any atom is -0.309 e. The van der Waals surface area contributed by atoms with Crippen LogP contribution in [-0.2, 0) is 12.8 Å². The fourth-order valence-corrected chi connectivity index (χ4v) is 2.31. The first-order chi connectivity index (χ1) is 7.79. The molecule has 3 heteroatoms. The Hall–Kier alpha value is -0.500. The van der Waals surface area contributed by atoms with E-state index in [2.05, 4.69) is 29.6 Å². The Labute approximate surface area is 106 Å². The van der Waals surface area contributed by atoms with Crippen molar-refractivity contribution < 1.29 is 0 Å². The standard InChI is InChI=1S/C13H15Cl2N/c14-8-12(15)9-16-13-6-5-10-3-1-2-4-11(10)7-13/h1-4,8,13,16H,5-7,9H2. The van der Waals surface area contributed by atoms with Crippen LogP contribution in [0.3, 0.4) is 0 Å². The lowest BCUT2D eigenvalue weighted by Crippen LogP contribution is -2.35. The summed E-state index contributed by atoms with van der Waals surface area (Å²) < 4.78 is 0. The van der Waals surface area contributed by atoms with E-state index in [4.69, 9.17) is 23.2 Å². The van der Waals surface area contributed by atoms with Crippen LogP contribution >= 0.6 is 23.2 Å². The second kappa shape index (κ2) is 5.72. The second-order valence-corrected chi connectivity index (χ2v) is 4.85. The Balaban J connectivity index is 1.93. The van der Waals surface area contributed by atoms with E-state index in [-0.39, 0.29) is 0 Å². The van der Waals surface area contributed by atoms with Gasteiger partial charge in [0.1, 0.15) is 0 Å². The van der Waals surface area contributed by atoms with Crippen LogP contribution in [0, 0.1) is 0 Å². The highest BCUT2D eigenvalue weighted by Crippen LogP contribution is 2.21. The average molecular weight is 256 g/mol. The number of hydrogen-bond donors (Lipinski definition) is 1. The minimum absolute atomic E-state index is 0.514. The molecule has 1 nitrogen and oxygen atoms in total. The van der Waals surface area contributed by atoms with Gasteiger partial charge in [0.05, 0.1) is 0 Å². The molecule has 0 aromatic heterocycles. The Morgan fingerprint density at radius 3 is 2.88 bits per heavy atom. The van der Waals surface area contributed by atoms with Gasteiger partial charge in [-0.15, -0.1) is 0 Å². The molecule has 0 saturated carbocycles. The zero-order valence-corrected chi connectivity index (χ0v) is 10.6. The molecule has 1 aromatic rings. The lowest BCUT2D eigenvalue weighted by Gasteiger charge is -2.25.